The second kappa shape index (κ2) is 10.2. The minimum absolute atomic E-state index is 0.0103. The summed E-state index contributed by atoms with van der Waals surface area (Å²) in [6, 6.07) is 19.3. The van der Waals surface area contributed by atoms with E-state index in [1.165, 1.54) is 16.9 Å². The van der Waals surface area contributed by atoms with Crippen LogP contribution in [0.25, 0.3) is 11.3 Å². The van der Waals surface area contributed by atoms with Gasteiger partial charge in [-0.1, -0.05) is 41.9 Å². The molecule has 2 amide bonds. The van der Waals surface area contributed by atoms with Gasteiger partial charge in [0.05, 0.1) is 17.0 Å². The molecule has 4 aromatic rings. The zero-order valence-electron chi connectivity index (χ0n) is 19.3. The number of halogens is 1. The third-order valence-electron chi connectivity index (χ3n) is 5.99. The molecule has 1 saturated carbocycles. The van der Waals surface area contributed by atoms with Crippen molar-refractivity contribution in [2.75, 3.05) is 11.9 Å². The summed E-state index contributed by atoms with van der Waals surface area (Å²) in [7, 11) is 0. The van der Waals surface area contributed by atoms with Crippen molar-refractivity contribution in [1.82, 2.24) is 20.1 Å². The number of carbonyl (C=O) groups is 2. The molecule has 1 aliphatic rings. The van der Waals surface area contributed by atoms with Crippen LogP contribution in [0.3, 0.4) is 0 Å². The average Bonchev–Trinajstić information content (AvgIpc) is 3.64. The first kappa shape index (κ1) is 23.6. The molecule has 36 heavy (non-hydrogen) atoms. The standard InChI is InChI=1S/C27H24ClN5O3/c28-25-20(7-4-13-29-25)26(35)31-19-10-11-24(34)21(15-19)22-16-23(18-8-9-18)33(32-22)27(36)30-14-12-17-5-2-1-3-6-17/h1-7,10-11,13,15-16,18,34H,8-9,12,14H2,(H,30,36)(H,31,35). The molecule has 3 N–H and O–H groups in total. The number of hydrogen-bond donors (Lipinski definition) is 3. The number of phenolic OH excluding ortho intramolecular Hbond substituents is 1. The van der Waals surface area contributed by atoms with Crippen LogP contribution in [0.2, 0.25) is 5.15 Å². The SMILES string of the molecule is O=C(Nc1ccc(O)c(-c2cc(C3CC3)n(C(=O)NCCc3ccccc3)n2)c1)c1cccnc1Cl. The van der Waals surface area contributed by atoms with Gasteiger partial charge in [0.2, 0.25) is 0 Å². The average molecular weight is 502 g/mol. The molecule has 1 fully saturated rings. The minimum Gasteiger partial charge on any atom is -0.507 e. The summed E-state index contributed by atoms with van der Waals surface area (Å²) in [5.74, 6) is -0.181. The molecule has 182 valence electrons. The monoisotopic (exact) mass is 501 g/mol. The number of rotatable bonds is 7. The summed E-state index contributed by atoms with van der Waals surface area (Å²) >= 11 is 6.03. The quantitative estimate of drug-likeness (QED) is 0.237. The zero-order valence-corrected chi connectivity index (χ0v) is 20.1. The van der Waals surface area contributed by atoms with Crippen molar-refractivity contribution in [3.8, 4) is 17.0 Å². The fourth-order valence-corrected chi connectivity index (χ4v) is 4.17. The van der Waals surface area contributed by atoms with Crippen LogP contribution in [0.4, 0.5) is 10.5 Å². The van der Waals surface area contributed by atoms with Gasteiger partial charge in [-0.15, -0.1) is 0 Å². The van der Waals surface area contributed by atoms with E-state index in [9.17, 15) is 14.7 Å². The van der Waals surface area contributed by atoms with Gasteiger partial charge in [0.25, 0.3) is 5.91 Å². The Morgan fingerprint density at radius 2 is 1.86 bits per heavy atom. The molecule has 0 spiro atoms. The number of amides is 2. The maximum atomic E-state index is 13.0. The summed E-state index contributed by atoms with van der Waals surface area (Å²) < 4.78 is 1.39. The number of carbonyl (C=O) groups excluding carboxylic acids is 2. The number of pyridine rings is 1. The number of aromatic nitrogens is 3. The largest absolute Gasteiger partial charge is 0.507 e. The maximum absolute atomic E-state index is 13.0. The zero-order chi connectivity index (χ0) is 25.1. The van der Waals surface area contributed by atoms with Crippen LogP contribution in [0.15, 0.2) is 72.9 Å². The van der Waals surface area contributed by atoms with Crippen molar-refractivity contribution < 1.29 is 14.7 Å². The van der Waals surface area contributed by atoms with Gasteiger partial charge < -0.3 is 15.7 Å². The molecule has 0 bridgehead atoms. The van der Waals surface area contributed by atoms with Crippen molar-refractivity contribution in [3.63, 3.8) is 0 Å². The highest BCUT2D eigenvalue weighted by Gasteiger charge is 2.30. The van der Waals surface area contributed by atoms with Gasteiger partial charge in [-0.2, -0.15) is 9.78 Å². The molecule has 5 rings (SSSR count). The van der Waals surface area contributed by atoms with E-state index >= 15 is 0 Å². The van der Waals surface area contributed by atoms with E-state index < -0.39 is 5.91 Å². The van der Waals surface area contributed by atoms with E-state index in [0.717, 1.165) is 24.1 Å². The third-order valence-corrected chi connectivity index (χ3v) is 6.29. The first-order valence-electron chi connectivity index (χ1n) is 11.7. The molecular formula is C27H24ClN5O3. The molecular weight excluding hydrogens is 478 g/mol. The van der Waals surface area contributed by atoms with Crippen LogP contribution in [0.5, 0.6) is 5.75 Å². The van der Waals surface area contributed by atoms with Crippen LogP contribution in [-0.4, -0.2) is 38.4 Å². The fraction of sp³-hybridized carbons (Fsp3) is 0.185. The third kappa shape index (κ3) is 5.23. The molecule has 2 aromatic carbocycles. The van der Waals surface area contributed by atoms with Gasteiger partial charge in [0.15, 0.2) is 0 Å². The lowest BCUT2D eigenvalue weighted by Gasteiger charge is -2.09. The van der Waals surface area contributed by atoms with Crippen molar-refractivity contribution in [2.45, 2.75) is 25.2 Å². The normalized spacial score (nSPS) is 12.8. The Bertz CT molecular complexity index is 1420. The van der Waals surface area contributed by atoms with Crippen LogP contribution >= 0.6 is 11.6 Å². The molecule has 2 heterocycles. The van der Waals surface area contributed by atoms with E-state index in [0.29, 0.717) is 29.9 Å². The van der Waals surface area contributed by atoms with E-state index in [-0.39, 0.29) is 28.4 Å². The van der Waals surface area contributed by atoms with Crippen LogP contribution in [0.1, 0.15) is 40.4 Å². The number of phenols is 1. The van der Waals surface area contributed by atoms with E-state index in [1.54, 1.807) is 24.3 Å². The Hall–Kier alpha value is -4.17. The summed E-state index contributed by atoms with van der Waals surface area (Å²) in [5.41, 5.74) is 3.48. The minimum atomic E-state index is -0.424. The highest BCUT2D eigenvalue weighted by atomic mass is 35.5. The predicted molar refractivity (Wildman–Crippen MR) is 137 cm³/mol. The van der Waals surface area contributed by atoms with Crippen LogP contribution in [0, 0.1) is 0 Å². The van der Waals surface area contributed by atoms with Crippen LogP contribution < -0.4 is 10.6 Å². The fourth-order valence-electron chi connectivity index (χ4n) is 3.97. The van der Waals surface area contributed by atoms with Crippen molar-refractivity contribution in [1.29, 1.82) is 0 Å². The summed E-state index contributed by atoms with van der Waals surface area (Å²) in [4.78, 5) is 29.5. The first-order valence-corrected chi connectivity index (χ1v) is 12.0. The lowest BCUT2D eigenvalue weighted by Crippen LogP contribution is -2.32. The van der Waals surface area contributed by atoms with E-state index in [1.807, 2.05) is 36.4 Å². The Morgan fingerprint density at radius 1 is 1.06 bits per heavy atom. The Labute approximate surface area is 212 Å². The Balaban J connectivity index is 1.36. The summed E-state index contributed by atoms with van der Waals surface area (Å²) in [5, 5.41) is 20.9. The first-order chi connectivity index (χ1) is 17.5. The van der Waals surface area contributed by atoms with Crippen molar-refractivity contribution in [3.05, 3.63) is 94.9 Å². The highest BCUT2D eigenvalue weighted by molar-refractivity contribution is 6.33. The summed E-state index contributed by atoms with van der Waals surface area (Å²) in [6.45, 7) is 0.478. The second-order valence-electron chi connectivity index (χ2n) is 8.64. The van der Waals surface area contributed by atoms with Gasteiger partial charge in [-0.05, 0) is 61.2 Å². The van der Waals surface area contributed by atoms with Gasteiger partial charge in [0, 0.05) is 29.9 Å². The molecule has 1 aliphatic carbocycles. The number of benzene rings is 2. The molecule has 0 atom stereocenters. The number of hydrogen-bond acceptors (Lipinski definition) is 5. The number of nitrogens with zero attached hydrogens (tertiary/aromatic N) is 3. The second-order valence-corrected chi connectivity index (χ2v) is 8.99. The van der Waals surface area contributed by atoms with E-state index in [2.05, 4.69) is 20.7 Å². The Morgan fingerprint density at radius 3 is 2.61 bits per heavy atom. The molecule has 0 aliphatic heterocycles. The van der Waals surface area contributed by atoms with Gasteiger partial charge in [-0.25, -0.2) is 9.78 Å². The topological polar surface area (TPSA) is 109 Å². The molecule has 9 heteroatoms. The van der Waals surface area contributed by atoms with Gasteiger partial charge >= 0.3 is 6.03 Å². The van der Waals surface area contributed by atoms with Crippen molar-refractivity contribution >= 4 is 29.2 Å². The van der Waals surface area contributed by atoms with Gasteiger partial charge in [0.1, 0.15) is 10.9 Å². The van der Waals surface area contributed by atoms with Crippen molar-refractivity contribution in [2.24, 2.45) is 0 Å². The smallest absolute Gasteiger partial charge is 0.342 e. The molecule has 0 saturated heterocycles. The maximum Gasteiger partial charge on any atom is 0.342 e. The lowest BCUT2D eigenvalue weighted by molar-refractivity contribution is 0.102. The number of anilines is 1. The predicted octanol–water partition coefficient (Wildman–Crippen LogP) is 5.23. The lowest BCUT2D eigenvalue weighted by atomic mass is 10.1. The van der Waals surface area contributed by atoms with Gasteiger partial charge in [-0.3, -0.25) is 4.79 Å². The highest BCUT2D eigenvalue weighted by Crippen LogP contribution is 2.42. The number of nitrogens with one attached hydrogen (secondary N) is 2. The van der Waals surface area contributed by atoms with E-state index in [4.69, 9.17) is 11.6 Å². The van der Waals surface area contributed by atoms with Crippen LogP contribution in [-0.2, 0) is 6.42 Å². The molecule has 2 aromatic heterocycles. The molecule has 0 radical (unpaired) electrons. The summed E-state index contributed by atoms with van der Waals surface area (Å²) in [6.07, 6.45) is 4.18. The number of aromatic hydroxyl groups is 1. The molecule has 0 unspecified atom stereocenters. The molecule has 8 nitrogen and oxygen atoms in total. The Kier molecular flexibility index (Phi) is 6.69.